The average molecular weight is 330 g/mol. The summed E-state index contributed by atoms with van der Waals surface area (Å²) in [5.41, 5.74) is 7.11. The number of carbonyl (C=O) groups is 1. The van der Waals surface area contributed by atoms with Crippen LogP contribution in [0.25, 0.3) is 0 Å². The number of rotatable bonds is 4. The number of likely N-dealkylation sites (N-methyl/N-ethyl adjacent to an activating group) is 1. The molecule has 0 bridgehead atoms. The predicted octanol–water partition coefficient (Wildman–Crippen LogP) is 3.23. The van der Waals surface area contributed by atoms with Crippen LogP contribution in [0.5, 0.6) is 0 Å². The fourth-order valence-corrected chi connectivity index (χ4v) is 2.89. The Morgan fingerprint density at radius 1 is 1.35 bits per heavy atom. The van der Waals surface area contributed by atoms with Crippen molar-refractivity contribution in [2.45, 2.75) is 13.0 Å². The first-order valence-corrected chi connectivity index (χ1v) is 7.46. The largest absolute Gasteiger partial charge is 0.375 e. The van der Waals surface area contributed by atoms with Crippen LogP contribution in [0.15, 0.2) is 23.6 Å². The molecule has 0 saturated heterocycles. The van der Waals surface area contributed by atoms with Crippen LogP contribution >= 0.6 is 34.5 Å². The zero-order valence-electron chi connectivity index (χ0n) is 10.8. The van der Waals surface area contributed by atoms with Gasteiger partial charge in [-0.15, -0.1) is 11.3 Å². The normalized spacial score (nSPS) is 10.6. The van der Waals surface area contributed by atoms with Crippen molar-refractivity contribution in [3.05, 3.63) is 44.9 Å². The minimum Gasteiger partial charge on any atom is -0.375 e. The molecule has 0 aliphatic heterocycles. The first-order chi connectivity index (χ1) is 9.44. The molecular weight excluding hydrogens is 317 g/mol. The summed E-state index contributed by atoms with van der Waals surface area (Å²) in [4.78, 5) is 17.8. The molecule has 0 radical (unpaired) electrons. The number of anilines is 1. The van der Waals surface area contributed by atoms with E-state index in [9.17, 15) is 4.79 Å². The van der Waals surface area contributed by atoms with Crippen molar-refractivity contribution in [3.8, 4) is 0 Å². The van der Waals surface area contributed by atoms with E-state index in [0.717, 1.165) is 5.56 Å². The van der Waals surface area contributed by atoms with E-state index in [1.807, 2.05) is 0 Å². The van der Waals surface area contributed by atoms with Gasteiger partial charge >= 0.3 is 0 Å². The first kappa shape index (κ1) is 15.1. The van der Waals surface area contributed by atoms with Crippen molar-refractivity contribution in [1.82, 2.24) is 9.88 Å². The van der Waals surface area contributed by atoms with Gasteiger partial charge in [-0.1, -0.05) is 23.2 Å². The molecule has 7 heteroatoms. The average Bonchev–Trinajstić information content (AvgIpc) is 2.73. The molecule has 2 N–H and O–H groups in total. The highest BCUT2D eigenvalue weighted by Crippen LogP contribution is 2.20. The summed E-state index contributed by atoms with van der Waals surface area (Å²) in [5, 5.41) is 3.37. The van der Waals surface area contributed by atoms with E-state index in [1.54, 1.807) is 35.5 Å². The molecule has 20 heavy (non-hydrogen) atoms. The third-order valence-electron chi connectivity index (χ3n) is 2.67. The van der Waals surface area contributed by atoms with Gasteiger partial charge < -0.3 is 10.6 Å². The summed E-state index contributed by atoms with van der Waals surface area (Å²) in [6.45, 7) is 0.443. The van der Waals surface area contributed by atoms with Gasteiger partial charge in [0.05, 0.1) is 12.1 Å². The van der Waals surface area contributed by atoms with Gasteiger partial charge in [0, 0.05) is 29.0 Å². The Bertz CT molecular complexity index is 610. The van der Waals surface area contributed by atoms with Crippen molar-refractivity contribution >= 4 is 45.6 Å². The minimum absolute atomic E-state index is 0.0357. The van der Waals surface area contributed by atoms with E-state index >= 15 is 0 Å². The van der Waals surface area contributed by atoms with Crippen molar-refractivity contribution in [1.29, 1.82) is 0 Å². The molecule has 0 fully saturated rings. The lowest BCUT2D eigenvalue weighted by Crippen LogP contribution is -2.27. The molecule has 1 aromatic carbocycles. The van der Waals surface area contributed by atoms with Gasteiger partial charge in [-0.2, -0.15) is 0 Å². The highest BCUT2D eigenvalue weighted by Gasteiger charge is 2.12. The van der Waals surface area contributed by atoms with Crippen LogP contribution in [0, 0.1) is 0 Å². The summed E-state index contributed by atoms with van der Waals surface area (Å²) < 4.78 is 0. The van der Waals surface area contributed by atoms with Gasteiger partial charge in [0.2, 0.25) is 5.91 Å². The number of carbonyl (C=O) groups excluding carboxylic acids is 1. The van der Waals surface area contributed by atoms with Crippen LogP contribution in [0.2, 0.25) is 10.0 Å². The number of aromatic nitrogens is 1. The number of nitrogens with zero attached hydrogens (tertiary/aromatic N) is 2. The third-order valence-corrected chi connectivity index (χ3v) is 3.83. The highest BCUT2D eigenvalue weighted by molar-refractivity contribution is 7.13. The predicted molar refractivity (Wildman–Crippen MR) is 83.2 cm³/mol. The second kappa shape index (κ2) is 6.43. The Morgan fingerprint density at radius 3 is 2.55 bits per heavy atom. The molecule has 0 spiro atoms. The van der Waals surface area contributed by atoms with E-state index in [1.165, 1.54) is 11.3 Å². The number of amides is 1. The number of halogens is 2. The molecule has 106 valence electrons. The standard InChI is InChI=1S/C13H13Cl2N3OS/c1-18(6-8-2-9(14)4-10(15)3-8)12(19)5-11-7-20-13(16)17-11/h2-4,7H,5-6H2,1H3,(H2,16,17). The van der Waals surface area contributed by atoms with Crippen LogP contribution in [-0.4, -0.2) is 22.8 Å². The number of thiazole rings is 1. The molecule has 4 nitrogen and oxygen atoms in total. The fourth-order valence-electron chi connectivity index (χ4n) is 1.76. The van der Waals surface area contributed by atoms with Crippen molar-refractivity contribution in [3.63, 3.8) is 0 Å². The number of hydrogen-bond donors (Lipinski definition) is 1. The maximum atomic E-state index is 12.1. The molecule has 0 aliphatic carbocycles. The maximum Gasteiger partial charge on any atom is 0.228 e. The summed E-state index contributed by atoms with van der Waals surface area (Å²) in [7, 11) is 1.73. The van der Waals surface area contributed by atoms with Crippen LogP contribution < -0.4 is 5.73 Å². The van der Waals surface area contributed by atoms with Gasteiger partial charge in [-0.3, -0.25) is 4.79 Å². The molecule has 1 aromatic heterocycles. The van der Waals surface area contributed by atoms with Crippen LogP contribution in [0.1, 0.15) is 11.3 Å². The summed E-state index contributed by atoms with van der Waals surface area (Å²) in [5.74, 6) is -0.0357. The number of hydrogen-bond acceptors (Lipinski definition) is 4. The van der Waals surface area contributed by atoms with E-state index < -0.39 is 0 Å². The van der Waals surface area contributed by atoms with Crippen molar-refractivity contribution in [2.24, 2.45) is 0 Å². The SMILES string of the molecule is CN(Cc1cc(Cl)cc(Cl)c1)C(=O)Cc1csc(N)n1. The van der Waals surface area contributed by atoms with Crippen molar-refractivity contribution < 1.29 is 4.79 Å². The Morgan fingerprint density at radius 2 is 2.00 bits per heavy atom. The second-order valence-electron chi connectivity index (χ2n) is 4.38. The second-order valence-corrected chi connectivity index (χ2v) is 6.14. The number of benzene rings is 1. The minimum atomic E-state index is -0.0357. The van der Waals surface area contributed by atoms with E-state index in [2.05, 4.69) is 4.98 Å². The lowest BCUT2D eigenvalue weighted by molar-refractivity contribution is -0.129. The number of nitrogen functional groups attached to an aromatic ring is 1. The van der Waals surface area contributed by atoms with E-state index in [-0.39, 0.29) is 12.3 Å². The molecule has 1 amide bonds. The molecule has 0 aliphatic rings. The Balaban J connectivity index is 2.00. The molecule has 0 atom stereocenters. The van der Waals surface area contributed by atoms with Gasteiger partial charge in [0.1, 0.15) is 0 Å². The quantitative estimate of drug-likeness (QED) is 0.936. The van der Waals surface area contributed by atoms with Gasteiger partial charge in [0.25, 0.3) is 0 Å². The Kier molecular flexibility index (Phi) is 4.86. The molecule has 0 unspecified atom stereocenters. The van der Waals surface area contributed by atoms with Gasteiger partial charge in [-0.05, 0) is 23.8 Å². The van der Waals surface area contributed by atoms with E-state index in [0.29, 0.717) is 27.4 Å². The van der Waals surface area contributed by atoms with Crippen LogP contribution in [0.4, 0.5) is 5.13 Å². The monoisotopic (exact) mass is 329 g/mol. The molecule has 0 saturated carbocycles. The lowest BCUT2D eigenvalue weighted by atomic mass is 10.2. The van der Waals surface area contributed by atoms with Crippen LogP contribution in [-0.2, 0) is 17.8 Å². The zero-order chi connectivity index (χ0) is 14.7. The number of nitrogens with two attached hydrogens (primary N) is 1. The van der Waals surface area contributed by atoms with Crippen LogP contribution in [0.3, 0.4) is 0 Å². The highest BCUT2D eigenvalue weighted by atomic mass is 35.5. The third kappa shape index (κ3) is 4.10. The molecule has 2 rings (SSSR count). The Labute approximate surface area is 131 Å². The fraction of sp³-hybridized carbons (Fsp3) is 0.231. The zero-order valence-corrected chi connectivity index (χ0v) is 13.1. The van der Waals surface area contributed by atoms with E-state index in [4.69, 9.17) is 28.9 Å². The van der Waals surface area contributed by atoms with Crippen molar-refractivity contribution in [2.75, 3.05) is 12.8 Å². The first-order valence-electron chi connectivity index (χ1n) is 5.83. The maximum absolute atomic E-state index is 12.1. The summed E-state index contributed by atoms with van der Waals surface area (Å²) in [6.07, 6.45) is 0.235. The van der Waals surface area contributed by atoms with Gasteiger partial charge in [-0.25, -0.2) is 4.98 Å². The summed E-state index contributed by atoms with van der Waals surface area (Å²) in [6, 6.07) is 5.24. The van der Waals surface area contributed by atoms with Gasteiger partial charge in [0.15, 0.2) is 5.13 Å². The smallest absolute Gasteiger partial charge is 0.228 e. The lowest BCUT2D eigenvalue weighted by Gasteiger charge is -2.17. The topological polar surface area (TPSA) is 59.2 Å². The molecular formula is C13H13Cl2N3OS. The molecule has 2 aromatic rings. The molecule has 1 heterocycles. The summed E-state index contributed by atoms with van der Waals surface area (Å²) >= 11 is 13.2. The Hall–Kier alpha value is -1.30.